The van der Waals surface area contributed by atoms with Crippen molar-refractivity contribution in [2.24, 2.45) is 0 Å². The second kappa shape index (κ2) is 13.0. The number of esters is 1. The van der Waals surface area contributed by atoms with Crippen LogP contribution in [0.25, 0.3) is 0 Å². The number of benzene rings is 2. The number of anilines is 2. The molecule has 27 heavy (non-hydrogen) atoms. The van der Waals surface area contributed by atoms with Gasteiger partial charge >= 0.3 is 5.97 Å². The molecule has 0 atom stereocenters. The van der Waals surface area contributed by atoms with Crippen LogP contribution in [0.2, 0.25) is 0 Å². The molecule has 3 nitrogen and oxygen atoms in total. The monoisotopic (exact) mass is 367 g/mol. The average molecular weight is 368 g/mol. The summed E-state index contributed by atoms with van der Waals surface area (Å²) in [7, 11) is 0. The van der Waals surface area contributed by atoms with Crippen LogP contribution in [0.5, 0.6) is 5.75 Å². The zero-order valence-electron chi connectivity index (χ0n) is 16.6. The van der Waals surface area contributed by atoms with Gasteiger partial charge in [0.2, 0.25) is 0 Å². The third-order valence-electron chi connectivity index (χ3n) is 4.63. The molecule has 0 aliphatic rings. The van der Waals surface area contributed by atoms with Gasteiger partial charge < -0.3 is 10.1 Å². The summed E-state index contributed by atoms with van der Waals surface area (Å²) in [4.78, 5) is 12.0. The third kappa shape index (κ3) is 9.28. The molecule has 0 bridgehead atoms. The van der Waals surface area contributed by atoms with Crippen LogP contribution in [0, 0.1) is 0 Å². The minimum Gasteiger partial charge on any atom is -0.427 e. The Bertz CT molecular complexity index is 637. The first-order chi connectivity index (χ1) is 13.3. The van der Waals surface area contributed by atoms with Crippen LogP contribution >= 0.6 is 0 Å². The van der Waals surface area contributed by atoms with E-state index in [0.717, 1.165) is 24.2 Å². The summed E-state index contributed by atoms with van der Waals surface area (Å²) in [5.74, 6) is 0.469. The quantitative estimate of drug-likeness (QED) is 0.230. The average Bonchev–Trinajstić information content (AvgIpc) is 2.69. The predicted molar refractivity (Wildman–Crippen MR) is 114 cm³/mol. The van der Waals surface area contributed by atoms with Gasteiger partial charge in [0.05, 0.1) is 0 Å². The highest BCUT2D eigenvalue weighted by Gasteiger charge is 2.05. The number of rotatable bonds is 13. The fourth-order valence-corrected chi connectivity index (χ4v) is 3.06. The summed E-state index contributed by atoms with van der Waals surface area (Å²) >= 11 is 0. The van der Waals surface area contributed by atoms with E-state index in [4.69, 9.17) is 4.74 Å². The van der Waals surface area contributed by atoms with Crippen molar-refractivity contribution in [1.29, 1.82) is 0 Å². The number of hydrogen-bond acceptors (Lipinski definition) is 3. The Morgan fingerprint density at radius 1 is 0.741 bits per heavy atom. The number of carbonyl (C=O) groups excluding carboxylic acids is 1. The molecule has 0 amide bonds. The van der Waals surface area contributed by atoms with E-state index in [9.17, 15) is 4.79 Å². The number of para-hydroxylation sites is 1. The summed E-state index contributed by atoms with van der Waals surface area (Å²) < 4.78 is 5.42. The molecule has 2 rings (SSSR count). The molecule has 0 aliphatic carbocycles. The van der Waals surface area contributed by atoms with Crippen molar-refractivity contribution in [1.82, 2.24) is 0 Å². The maximum atomic E-state index is 12.0. The van der Waals surface area contributed by atoms with E-state index in [0.29, 0.717) is 12.2 Å². The second-order valence-corrected chi connectivity index (χ2v) is 7.07. The van der Waals surface area contributed by atoms with Crippen LogP contribution < -0.4 is 10.1 Å². The number of hydrogen-bond donors (Lipinski definition) is 1. The molecule has 0 heterocycles. The fourth-order valence-electron chi connectivity index (χ4n) is 3.06. The lowest BCUT2D eigenvalue weighted by Gasteiger charge is -2.08. The van der Waals surface area contributed by atoms with Crippen molar-refractivity contribution >= 4 is 17.3 Å². The Kier molecular flexibility index (Phi) is 10.1. The maximum absolute atomic E-state index is 12.0. The van der Waals surface area contributed by atoms with Crippen molar-refractivity contribution < 1.29 is 9.53 Å². The van der Waals surface area contributed by atoms with Gasteiger partial charge in [-0.25, -0.2) is 0 Å². The van der Waals surface area contributed by atoms with Crippen LogP contribution in [0.1, 0.15) is 71.1 Å². The lowest BCUT2D eigenvalue weighted by molar-refractivity contribution is -0.134. The first-order valence-corrected chi connectivity index (χ1v) is 10.4. The van der Waals surface area contributed by atoms with Gasteiger partial charge in [0, 0.05) is 17.8 Å². The fraction of sp³-hybridized carbons (Fsp3) is 0.458. The highest BCUT2D eigenvalue weighted by molar-refractivity contribution is 5.72. The molecular weight excluding hydrogens is 334 g/mol. The van der Waals surface area contributed by atoms with E-state index < -0.39 is 0 Å². The Labute approximate surface area is 164 Å². The molecule has 0 aromatic heterocycles. The standard InChI is InChI=1S/C24H33NO2/c1-2-3-4-5-6-7-8-9-13-16-24(26)27-23-19-17-22(18-20-23)25-21-14-11-10-12-15-21/h10-12,14-15,17-20,25H,2-9,13,16H2,1H3. The van der Waals surface area contributed by atoms with E-state index in [-0.39, 0.29) is 5.97 Å². The molecule has 3 heteroatoms. The van der Waals surface area contributed by atoms with Gasteiger partial charge in [-0.05, 0) is 42.8 Å². The van der Waals surface area contributed by atoms with Gasteiger partial charge in [0.1, 0.15) is 5.75 Å². The zero-order chi connectivity index (χ0) is 19.2. The molecular formula is C24H33NO2. The highest BCUT2D eigenvalue weighted by atomic mass is 16.5. The summed E-state index contributed by atoms with van der Waals surface area (Å²) in [5, 5.41) is 3.31. The largest absolute Gasteiger partial charge is 0.427 e. The topological polar surface area (TPSA) is 38.3 Å². The molecule has 2 aromatic rings. The number of ether oxygens (including phenoxy) is 1. The lowest BCUT2D eigenvalue weighted by Crippen LogP contribution is -2.07. The molecule has 1 N–H and O–H groups in total. The number of carbonyl (C=O) groups is 1. The van der Waals surface area contributed by atoms with E-state index in [1.165, 1.54) is 44.9 Å². The Balaban J connectivity index is 1.57. The maximum Gasteiger partial charge on any atom is 0.311 e. The van der Waals surface area contributed by atoms with Gasteiger partial charge in [-0.2, -0.15) is 0 Å². The van der Waals surface area contributed by atoms with Crippen LogP contribution in [-0.4, -0.2) is 5.97 Å². The Morgan fingerprint density at radius 3 is 1.93 bits per heavy atom. The summed E-state index contributed by atoms with van der Waals surface area (Å²) in [6.07, 6.45) is 11.7. The van der Waals surface area contributed by atoms with Crippen LogP contribution in [-0.2, 0) is 4.79 Å². The van der Waals surface area contributed by atoms with Gasteiger partial charge in [-0.3, -0.25) is 4.79 Å². The molecule has 0 radical (unpaired) electrons. The Hall–Kier alpha value is -2.29. The van der Waals surface area contributed by atoms with E-state index >= 15 is 0 Å². The predicted octanol–water partition coefficient (Wildman–Crippen LogP) is 7.26. The van der Waals surface area contributed by atoms with Crippen molar-refractivity contribution in [3.63, 3.8) is 0 Å². The molecule has 0 aliphatic heterocycles. The first kappa shape index (κ1) is 21.0. The second-order valence-electron chi connectivity index (χ2n) is 7.07. The van der Waals surface area contributed by atoms with Gasteiger partial charge in [-0.1, -0.05) is 76.5 Å². The van der Waals surface area contributed by atoms with E-state index in [2.05, 4.69) is 12.2 Å². The minimum atomic E-state index is -0.137. The number of nitrogens with one attached hydrogen (secondary N) is 1. The van der Waals surface area contributed by atoms with Crippen molar-refractivity contribution in [2.75, 3.05) is 5.32 Å². The molecule has 2 aromatic carbocycles. The summed E-state index contributed by atoms with van der Waals surface area (Å²) in [6, 6.07) is 17.5. The molecule has 0 spiro atoms. The summed E-state index contributed by atoms with van der Waals surface area (Å²) in [5.41, 5.74) is 2.01. The van der Waals surface area contributed by atoms with Crippen LogP contribution in [0.15, 0.2) is 54.6 Å². The number of unbranched alkanes of at least 4 members (excludes halogenated alkanes) is 8. The normalized spacial score (nSPS) is 10.6. The molecule has 0 unspecified atom stereocenters. The third-order valence-corrected chi connectivity index (χ3v) is 4.63. The zero-order valence-corrected chi connectivity index (χ0v) is 16.6. The van der Waals surface area contributed by atoms with Gasteiger partial charge in [0.15, 0.2) is 0 Å². The van der Waals surface area contributed by atoms with Crippen LogP contribution in [0.4, 0.5) is 11.4 Å². The van der Waals surface area contributed by atoms with E-state index in [1.54, 1.807) is 0 Å². The minimum absolute atomic E-state index is 0.137. The summed E-state index contributed by atoms with van der Waals surface area (Å²) in [6.45, 7) is 2.25. The van der Waals surface area contributed by atoms with Crippen molar-refractivity contribution in [3.8, 4) is 5.75 Å². The SMILES string of the molecule is CCCCCCCCCCCC(=O)Oc1ccc(Nc2ccccc2)cc1. The Morgan fingerprint density at radius 2 is 1.30 bits per heavy atom. The smallest absolute Gasteiger partial charge is 0.311 e. The molecule has 0 saturated carbocycles. The molecule has 0 fully saturated rings. The first-order valence-electron chi connectivity index (χ1n) is 10.4. The van der Waals surface area contributed by atoms with Gasteiger partial charge in [-0.15, -0.1) is 0 Å². The van der Waals surface area contributed by atoms with Gasteiger partial charge in [0.25, 0.3) is 0 Å². The molecule has 0 saturated heterocycles. The lowest BCUT2D eigenvalue weighted by atomic mass is 10.1. The highest BCUT2D eigenvalue weighted by Crippen LogP contribution is 2.20. The van der Waals surface area contributed by atoms with E-state index in [1.807, 2.05) is 54.6 Å². The van der Waals surface area contributed by atoms with Crippen molar-refractivity contribution in [2.45, 2.75) is 71.1 Å². The van der Waals surface area contributed by atoms with Crippen molar-refractivity contribution in [3.05, 3.63) is 54.6 Å². The van der Waals surface area contributed by atoms with Crippen LogP contribution in [0.3, 0.4) is 0 Å². The molecule has 146 valence electrons.